The largest absolute Gasteiger partial charge is 0.496 e. The van der Waals surface area contributed by atoms with Crippen molar-refractivity contribution >= 4 is 15.9 Å². The van der Waals surface area contributed by atoms with Crippen LogP contribution in [0.5, 0.6) is 5.75 Å². The van der Waals surface area contributed by atoms with Crippen molar-refractivity contribution in [2.24, 2.45) is 0 Å². The van der Waals surface area contributed by atoms with Gasteiger partial charge in [0.1, 0.15) is 5.75 Å². The average molecular weight is 329 g/mol. The Balaban J connectivity index is 2.38. The van der Waals surface area contributed by atoms with E-state index < -0.39 is 0 Å². The third-order valence-corrected chi connectivity index (χ3v) is 3.64. The van der Waals surface area contributed by atoms with Crippen LogP contribution in [0.3, 0.4) is 0 Å². The number of hydrogen-bond donors (Lipinski definition) is 1. The summed E-state index contributed by atoms with van der Waals surface area (Å²) in [5, 5.41) is 3.48. The lowest BCUT2D eigenvalue weighted by atomic mass is 10.2. The van der Waals surface area contributed by atoms with Crippen LogP contribution in [-0.2, 0) is 6.54 Å². The maximum Gasteiger partial charge on any atom is 0.123 e. The predicted molar refractivity (Wildman–Crippen MR) is 84.8 cm³/mol. The van der Waals surface area contributed by atoms with Crippen molar-refractivity contribution in [1.82, 2.24) is 10.2 Å². The fourth-order valence-electron chi connectivity index (χ4n) is 2.09. The highest BCUT2D eigenvalue weighted by molar-refractivity contribution is 9.10. The molecule has 0 amide bonds. The van der Waals surface area contributed by atoms with Crippen LogP contribution in [-0.4, -0.2) is 38.2 Å². The van der Waals surface area contributed by atoms with E-state index in [2.05, 4.69) is 46.1 Å². The molecular formula is C15H25BrN2O. The molecule has 1 N–H and O–H groups in total. The number of benzene rings is 1. The summed E-state index contributed by atoms with van der Waals surface area (Å²) in [4.78, 5) is 2.46. The molecule has 1 aromatic carbocycles. The van der Waals surface area contributed by atoms with Crippen LogP contribution < -0.4 is 10.1 Å². The van der Waals surface area contributed by atoms with Gasteiger partial charge in [-0.05, 0) is 37.7 Å². The molecule has 0 aliphatic carbocycles. The Morgan fingerprint density at radius 2 is 2.05 bits per heavy atom. The van der Waals surface area contributed by atoms with Gasteiger partial charge in [-0.1, -0.05) is 29.8 Å². The molecule has 0 radical (unpaired) electrons. The standard InChI is InChI=1S/C15H25BrN2O/c1-4-9-18(5-2)10-8-17-12-13-11-14(16)6-7-15(13)19-3/h6-7,11,17H,4-5,8-10,12H2,1-3H3. The molecule has 0 spiro atoms. The van der Waals surface area contributed by atoms with Crippen LogP contribution in [0.25, 0.3) is 0 Å². The van der Waals surface area contributed by atoms with Crippen molar-refractivity contribution in [2.75, 3.05) is 33.3 Å². The molecule has 0 saturated heterocycles. The Hall–Kier alpha value is -0.580. The minimum Gasteiger partial charge on any atom is -0.496 e. The molecule has 1 rings (SSSR count). The Bertz CT molecular complexity index is 371. The first kappa shape index (κ1) is 16.5. The number of halogens is 1. The van der Waals surface area contributed by atoms with Crippen molar-refractivity contribution in [3.63, 3.8) is 0 Å². The second kappa shape index (κ2) is 9.34. The SMILES string of the molecule is CCCN(CC)CCNCc1cc(Br)ccc1OC. The fraction of sp³-hybridized carbons (Fsp3) is 0.600. The van der Waals surface area contributed by atoms with Crippen LogP contribution >= 0.6 is 15.9 Å². The number of nitrogens with one attached hydrogen (secondary N) is 1. The summed E-state index contributed by atoms with van der Waals surface area (Å²) in [5.41, 5.74) is 1.19. The second-order valence-corrected chi connectivity index (χ2v) is 5.48. The van der Waals surface area contributed by atoms with Gasteiger partial charge in [0.15, 0.2) is 0 Å². The summed E-state index contributed by atoms with van der Waals surface area (Å²) in [6, 6.07) is 6.11. The lowest BCUT2D eigenvalue weighted by Gasteiger charge is -2.19. The normalized spacial score (nSPS) is 11.0. The average Bonchev–Trinajstić information content (AvgIpc) is 2.42. The third-order valence-electron chi connectivity index (χ3n) is 3.15. The van der Waals surface area contributed by atoms with Gasteiger partial charge in [0.25, 0.3) is 0 Å². The maximum absolute atomic E-state index is 5.37. The van der Waals surface area contributed by atoms with Gasteiger partial charge >= 0.3 is 0 Å². The smallest absolute Gasteiger partial charge is 0.123 e. The lowest BCUT2D eigenvalue weighted by molar-refractivity contribution is 0.287. The van der Waals surface area contributed by atoms with E-state index in [-0.39, 0.29) is 0 Å². The number of rotatable bonds is 9. The van der Waals surface area contributed by atoms with Crippen molar-refractivity contribution in [3.05, 3.63) is 28.2 Å². The van der Waals surface area contributed by atoms with Gasteiger partial charge in [0.2, 0.25) is 0 Å². The van der Waals surface area contributed by atoms with E-state index >= 15 is 0 Å². The first-order chi connectivity index (χ1) is 9.21. The first-order valence-corrected chi connectivity index (χ1v) is 7.76. The third kappa shape index (κ3) is 5.93. The first-order valence-electron chi connectivity index (χ1n) is 6.96. The van der Waals surface area contributed by atoms with E-state index in [9.17, 15) is 0 Å². The zero-order valence-corrected chi connectivity index (χ0v) is 13.8. The Morgan fingerprint density at radius 1 is 1.26 bits per heavy atom. The highest BCUT2D eigenvalue weighted by Gasteiger charge is 2.04. The number of ether oxygens (including phenoxy) is 1. The maximum atomic E-state index is 5.37. The van der Waals surface area contributed by atoms with Crippen molar-refractivity contribution < 1.29 is 4.74 Å². The number of methoxy groups -OCH3 is 1. The summed E-state index contributed by atoms with van der Waals surface area (Å²) in [5.74, 6) is 0.941. The molecule has 0 aliphatic heterocycles. The molecule has 0 saturated carbocycles. The zero-order valence-electron chi connectivity index (χ0n) is 12.2. The van der Waals surface area contributed by atoms with E-state index in [0.29, 0.717) is 0 Å². The van der Waals surface area contributed by atoms with Crippen molar-refractivity contribution in [3.8, 4) is 5.75 Å². The summed E-state index contributed by atoms with van der Waals surface area (Å²) in [6.07, 6.45) is 1.22. The van der Waals surface area contributed by atoms with Gasteiger partial charge < -0.3 is 15.0 Å². The Kier molecular flexibility index (Phi) is 8.10. The zero-order chi connectivity index (χ0) is 14.1. The molecule has 0 aromatic heterocycles. The van der Waals surface area contributed by atoms with Gasteiger partial charge in [0.05, 0.1) is 7.11 Å². The molecule has 0 unspecified atom stereocenters. The van der Waals surface area contributed by atoms with Crippen LogP contribution in [0.2, 0.25) is 0 Å². The van der Waals surface area contributed by atoms with Crippen LogP contribution in [0, 0.1) is 0 Å². The molecule has 4 heteroatoms. The monoisotopic (exact) mass is 328 g/mol. The number of nitrogens with zero attached hydrogens (tertiary/aromatic N) is 1. The quantitative estimate of drug-likeness (QED) is 0.704. The van der Waals surface area contributed by atoms with Crippen molar-refractivity contribution in [1.29, 1.82) is 0 Å². The number of hydrogen-bond acceptors (Lipinski definition) is 3. The number of likely N-dealkylation sites (N-methyl/N-ethyl adjacent to an activating group) is 1. The van der Waals surface area contributed by atoms with Gasteiger partial charge in [-0.3, -0.25) is 0 Å². The molecule has 1 aromatic rings. The second-order valence-electron chi connectivity index (χ2n) is 4.57. The van der Waals surface area contributed by atoms with Crippen LogP contribution in [0.4, 0.5) is 0 Å². The van der Waals surface area contributed by atoms with Crippen molar-refractivity contribution in [2.45, 2.75) is 26.8 Å². The predicted octanol–water partition coefficient (Wildman–Crippen LogP) is 3.28. The molecule has 0 atom stereocenters. The van der Waals surface area contributed by atoms with Crippen LogP contribution in [0.15, 0.2) is 22.7 Å². The van der Waals surface area contributed by atoms with Gasteiger partial charge in [-0.15, -0.1) is 0 Å². The van der Waals surface area contributed by atoms with Gasteiger partial charge in [0, 0.05) is 29.7 Å². The molecule has 0 fully saturated rings. The van der Waals surface area contributed by atoms with Gasteiger partial charge in [-0.25, -0.2) is 0 Å². The van der Waals surface area contributed by atoms with E-state index in [1.165, 1.54) is 18.5 Å². The summed E-state index contributed by atoms with van der Waals surface area (Å²) in [7, 11) is 1.72. The molecule has 3 nitrogen and oxygen atoms in total. The van der Waals surface area contributed by atoms with E-state index in [1.807, 2.05) is 12.1 Å². The van der Waals surface area contributed by atoms with E-state index in [1.54, 1.807) is 7.11 Å². The molecule has 19 heavy (non-hydrogen) atoms. The lowest BCUT2D eigenvalue weighted by Crippen LogP contribution is -2.32. The molecule has 0 heterocycles. The topological polar surface area (TPSA) is 24.5 Å². The molecular weight excluding hydrogens is 304 g/mol. The Labute approximate surface area is 125 Å². The van der Waals surface area contributed by atoms with Crippen LogP contribution in [0.1, 0.15) is 25.8 Å². The minimum atomic E-state index is 0.840. The summed E-state index contributed by atoms with van der Waals surface area (Å²) in [6.45, 7) is 9.68. The van der Waals surface area contributed by atoms with E-state index in [4.69, 9.17) is 4.74 Å². The minimum absolute atomic E-state index is 0.840. The molecule has 108 valence electrons. The van der Waals surface area contributed by atoms with Gasteiger partial charge in [-0.2, -0.15) is 0 Å². The Morgan fingerprint density at radius 3 is 2.68 bits per heavy atom. The molecule has 0 aliphatic rings. The van der Waals surface area contributed by atoms with E-state index in [0.717, 1.165) is 36.4 Å². The summed E-state index contributed by atoms with van der Waals surface area (Å²) < 4.78 is 6.46. The highest BCUT2D eigenvalue weighted by Crippen LogP contribution is 2.22. The molecule has 0 bridgehead atoms. The summed E-state index contributed by atoms with van der Waals surface area (Å²) >= 11 is 3.50. The fourth-order valence-corrected chi connectivity index (χ4v) is 2.50. The highest BCUT2D eigenvalue weighted by atomic mass is 79.9.